The van der Waals surface area contributed by atoms with E-state index in [0.717, 1.165) is 44.6 Å². The second-order valence-corrected chi connectivity index (χ2v) is 8.55. The molecular weight excluding hydrogens is 414 g/mol. The van der Waals surface area contributed by atoms with Crippen molar-refractivity contribution in [3.05, 3.63) is 83.5 Å². The molecule has 1 atom stereocenters. The lowest BCUT2D eigenvalue weighted by Gasteiger charge is -2.31. The van der Waals surface area contributed by atoms with Gasteiger partial charge in [-0.1, -0.05) is 29.8 Å². The third kappa shape index (κ3) is 3.90. The Balaban J connectivity index is 1.53. The first kappa shape index (κ1) is 21.3. The molecule has 0 radical (unpaired) electrons. The molecular formula is C26H27N5O2. The van der Waals surface area contributed by atoms with Crippen molar-refractivity contribution in [1.82, 2.24) is 19.7 Å². The number of H-pyrrole nitrogens is 1. The van der Waals surface area contributed by atoms with Crippen molar-refractivity contribution in [3.8, 4) is 11.1 Å². The molecule has 4 aromatic rings. The van der Waals surface area contributed by atoms with Gasteiger partial charge in [0.2, 0.25) is 0 Å². The van der Waals surface area contributed by atoms with E-state index in [-0.39, 0.29) is 6.79 Å². The summed E-state index contributed by atoms with van der Waals surface area (Å²) < 4.78 is 13.3. The van der Waals surface area contributed by atoms with E-state index < -0.39 is 5.60 Å². The molecule has 0 aliphatic carbocycles. The Hall–Kier alpha value is -3.55. The molecule has 0 bridgehead atoms. The second kappa shape index (κ2) is 8.42. The van der Waals surface area contributed by atoms with Crippen LogP contribution in [0.1, 0.15) is 23.6 Å². The van der Waals surface area contributed by atoms with E-state index in [1.165, 1.54) is 5.56 Å². The van der Waals surface area contributed by atoms with Gasteiger partial charge >= 0.3 is 0 Å². The highest BCUT2D eigenvalue weighted by Gasteiger charge is 2.35. The molecule has 0 spiro atoms. The Labute approximate surface area is 192 Å². The number of ether oxygens (including phenoxy) is 2. The number of aliphatic imine (C=N–C) groups is 1. The van der Waals surface area contributed by atoms with E-state index in [1.54, 1.807) is 11.8 Å². The topological polar surface area (TPSA) is 77.3 Å². The van der Waals surface area contributed by atoms with Gasteiger partial charge in [-0.05, 0) is 37.1 Å². The molecule has 1 aromatic carbocycles. The maximum Gasteiger partial charge on any atom is 0.147 e. The Morgan fingerprint density at radius 1 is 1.18 bits per heavy atom. The number of aryl methyl sites for hydroxylation is 2. The highest BCUT2D eigenvalue weighted by molar-refractivity contribution is 6.17. The number of pyridine rings is 1. The Morgan fingerprint density at radius 2 is 2.06 bits per heavy atom. The van der Waals surface area contributed by atoms with Crippen molar-refractivity contribution in [3.63, 3.8) is 0 Å². The molecule has 168 valence electrons. The zero-order valence-electron chi connectivity index (χ0n) is 19.3. The van der Waals surface area contributed by atoms with Gasteiger partial charge in [0.25, 0.3) is 0 Å². The van der Waals surface area contributed by atoms with Gasteiger partial charge in [-0.2, -0.15) is 5.10 Å². The molecule has 3 aromatic heterocycles. The van der Waals surface area contributed by atoms with Crippen LogP contribution < -0.4 is 0 Å². The van der Waals surface area contributed by atoms with Crippen LogP contribution >= 0.6 is 0 Å². The van der Waals surface area contributed by atoms with Crippen LogP contribution in [0.2, 0.25) is 0 Å². The standard InChI is InChI=1S/C26H27N5O2/c1-17-6-5-7-20(8-17)26(2,33-16-32-4)21-10-24(27-13-21)23-14-29-25-22(23)9-18(11-28-25)19-12-30-31(3)15-19/h5-12,14-15H,13,16H2,1-4H3,(H,28,29). The van der Waals surface area contributed by atoms with E-state index in [2.05, 4.69) is 65.3 Å². The molecule has 0 saturated heterocycles. The molecule has 1 aliphatic rings. The first-order valence-electron chi connectivity index (χ1n) is 10.9. The van der Waals surface area contributed by atoms with Crippen LogP contribution in [0.3, 0.4) is 0 Å². The highest BCUT2D eigenvalue weighted by atomic mass is 16.7. The predicted octanol–water partition coefficient (Wildman–Crippen LogP) is 4.54. The number of aromatic nitrogens is 4. The summed E-state index contributed by atoms with van der Waals surface area (Å²) in [6, 6.07) is 10.5. The van der Waals surface area contributed by atoms with Gasteiger partial charge in [-0.15, -0.1) is 0 Å². The number of rotatable bonds is 7. The van der Waals surface area contributed by atoms with E-state index in [1.807, 2.05) is 31.8 Å². The fourth-order valence-electron chi connectivity index (χ4n) is 4.30. The highest BCUT2D eigenvalue weighted by Crippen LogP contribution is 2.37. The quantitative estimate of drug-likeness (QED) is 0.427. The number of hydrogen-bond acceptors (Lipinski definition) is 5. The Kier molecular flexibility index (Phi) is 5.44. The SMILES string of the molecule is COCOC(C)(C1=CC(c2c[nH]c3ncc(-c4cnn(C)c4)cc23)=NC1)c1cccc(C)c1. The number of nitrogens with zero attached hydrogens (tertiary/aromatic N) is 4. The molecule has 7 heteroatoms. The fraction of sp³-hybridized carbons (Fsp3) is 0.269. The van der Waals surface area contributed by atoms with E-state index in [0.29, 0.717) is 6.54 Å². The van der Waals surface area contributed by atoms with E-state index in [4.69, 9.17) is 14.5 Å². The Bertz CT molecular complexity index is 1380. The van der Waals surface area contributed by atoms with Crippen LogP contribution in [0.15, 0.2) is 71.8 Å². The second-order valence-electron chi connectivity index (χ2n) is 8.55. The molecule has 7 nitrogen and oxygen atoms in total. The van der Waals surface area contributed by atoms with E-state index >= 15 is 0 Å². The largest absolute Gasteiger partial charge is 0.359 e. The van der Waals surface area contributed by atoms with Crippen LogP contribution in [0.4, 0.5) is 0 Å². The molecule has 4 heterocycles. The number of methoxy groups -OCH3 is 1. The summed E-state index contributed by atoms with van der Waals surface area (Å²) in [5.74, 6) is 0. The van der Waals surface area contributed by atoms with Crippen LogP contribution in [0.25, 0.3) is 22.2 Å². The summed E-state index contributed by atoms with van der Waals surface area (Å²) >= 11 is 0. The van der Waals surface area contributed by atoms with Crippen molar-refractivity contribution in [2.75, 3.05) is 20.4 Å². The minimum Gasteiger partial charge on any atom is -0.359 e. The van der Waals surface area contributed by atoms with Crippen LogP contribution in [-0.4, -0.2) is 45.9 Å². The number of benzene rings is 1. The number of allylic oxidation sites excluding steroid dienone is 1. The zero-order chi connectivity index (χ0) is 23.0. The summed E-state index contributed by atoms with van der Waals surface area (Å²) in [6.07, 6.45) is 9.81. The molecule has 0 saturated carbocycles. The summed E-state index contributed by atoms with van der Waals surface area (Å²) in [7, 11) is 3.55. The van der Waals surface area contributed by atoms with Gasteiger partial charge in [-0.25, -0.2) is 4.98 Å². The minimum absolute atomic E-state index is 0.197. The predicted molar refractivity (Wildman–Crippen MR) is 129 cm³/mol. The van der Waals surface area contributed by atoms with Crippen molar-refractivity contribution in [2.24, 2.45) is 12.0 Å². The fourth-order valence-corrected chi connectivity index (χ4v) is 4.30. The number of aromatic amines is 1. The molecule has 1 unspecified atom stereocenters. The summed E-state index contributed by atoms with van der Waals surface area (Å²) in [6.45, 7) is 4.93. The molecule has 1 aliphatic heterocycles. The Morgan fingerprint density at radius 3 is 2.82 bits per heavy atom. The van der Waals surface area contributed by atoms with Crippen LogP contribution in [0, 0.1) is 6.92 Å². The van der Waals surface area contributed by atoms with E-state index in [9.17, 15) is 0 Å². The first-order valence-corrected chi connectivity index (χ1v) is 10.9. The van der Waals surface area contributed by atoms with Crippen molar-refractivity contribution in [2.45, 2.75) is 19.4 Å². The lowest BCUT2D eigenvalue weighted by atomic mass is 9.86. The molecule has 0 amide bonds. The van der Waals surface area contributed by atoms with Crippen molar-refractivity contribution < 1.29 is 9.47 Å². The lowest BCUT2D eigenvalue weighted by Crippen LogP contribution is -2.30. The average Bonchev–Trinajstić information content (AvgIpc) is 3.56. The molecule has 0 fully saturated rings. The number of nitrogens with one attached hydrogen (secondary N) is 1. The smallest absolute Gasteiger partial charge is 0.147 e. The van der Waals surface area contributed by atoms with Crippen LogP contribution in [0.5, 0.6) is 0 Å². The zero-order valence-corrected chi connectivity index (χ0v) is 19.3. The molecule has 33 heavy (non-hydrogen) atoms. The van der Waals surface area contributed by atoms with Crippen molar-refractivity contribution in [1.29, 1.82) is 0 Å². The van der Waals surface area contributed by atoms with Gasteiger partial charge in [0.1, 0.15) is 18.0 Å². The number of hydrogen-bond donors (Lipinski definition) is 1. The third-order valence-electron chi connectivity index (χ3n) is 6.22. The average molecular weight is 442 g/mol. The molecule has 1 N–H and O–H groups in total. The van der Waals surface area contributed by atoms with Gasteiger partial charge in [-0.3, -0.25) is 9.67 Å². The lowest BCUT2D eigenvalue weighted by molar-refractivity contribution is -0.109. The number of fused-ring (bicyclic) bond motifs is 1. The monoisotopic (exact) mass is 441 g/mol. The van der Waals surface area contributed by atoms with Crippen molar-refractivity contribution >= 4 is 16.7 Å². The maximum absolute atomic E-state index is 6.24. The van der Waals surface area contributed by atoms with Gasteiger partial charge in [0.05, 0.1) is 18.5 Å². The maximum atomic E-state index is 6.24. The van der Waals surface area contributed by atoms with Gasteiger partial charge in [0, 0.05) is 54.8 Å². The summed E-state index contributed by atoms with van der Waals surface area (Å²) in [4.78, 5) is 12.8. The summed E-state index contributed by atoms with van der Waals surface area (Å²) in [5, 5.41) is 5.31. The minimum atomic E-state index is -0.640. The normalized spacial score (nSPS) is 15.5. The molecule has 5 rings (SSSR count). The van der Waals surface area contributed by atoms with Gasteiger partial charge in [0.15, 0.2) is 0 Å². The van der Waals surface area contributed by atoms with Gasteiger partial charge < -0.3 is 14.5 Å². The summed E-state index contributed by atoms with van der Waals surface area (Å²) in [5.41, 5.74) is 7.55. The third-order valence-corrected chi connectivity index (χ3v) is 6.22. The first-order chi connectivity index (χ1) is 16.0. The van der Waals surface area contributed by atoms with Crippen LogP contribution in [-0.2, 0) is 22.1 Å².